The van der Waals surface area contributed by atoms with Gasteiger partial charge in [-0.25, -0.2) is 8.42 Å². The SMILES string of the molecule is Cc1ccc(CN(C(=O)CN(c2ccc(Cl)c(C(F)(F)F)c2)S(=O)(=O)c2ccc(C)cc2)[C@H](C)C(=O)NC(C)C)cc1. The Kier molecular flexibility index (Phi) is 10.3. The van der Waals surface area contributed by atoms with Crippen LogP contribution in [0.5, 0.6) is 0 Å². The predicted molar refractivity (Wildman–Crippen MR) is 157 cm³/mol. The zero-order chi connectivity index (χ0) is 31.4. The van der Waals surface area contributed by atoms with E-state index >= 15 is 0 Å². The molecule has 0 radical (unpaired) electrons. The van der Waals surface area contributed by atoms with Gasteiger partial charge in [0.25, 0.3) is 10.0 Å². The first-order chi connectivity index (χ1) is 19.5. The van der Waals surface area contributed by atoms with Crippen LogP contribution in [0.15, 0.2) is 71.6 Å². The van der Waals surface area contributed by atoms with Crippen molar-refractivity contribution in [3.63, 3.8) is 0 Å². The number of alkyl halides is 3. The summed E-state index contributed by atoms with van der Waals surface area (Å²) in [5.41, 5.74) is 0.754. The normalized spacial score (nSPS) is 12.6. The summed E-state index contributed by atoms with van der Waals surface area (Å²) in [6.07, 6.45) is -4.88. The maximum atomic E-state index is 13.9. The molecular weight excluding hydrogens is 591 g/mol. The number of hydrogen-bond donors (Lipinski definition) is 1. The smallest absolute Gasteiger partial charge is 0.352 e. The second-order valence-corrected chi connectivity index (χ2v) is 12.6. The number of hydrogen-bond acceptors (Lipinski definition) is 4. The van der Waals surface area contributed by atoms with Gasteiger partial charge in [-0.2, -0.15) is 13.2 Å². The highest BCUT2D eigenvalue weighted by Crippen LogP contribution is 2.38. The average molecular weight is 624 g/mol. The first-order valence-corrected chi connectivity index (χ1v) is 14.9. The number of carbonyl (C=O) groups excluding carboxylic acids is 2. The molecule has 12 heteroatoms. The third-order valence-corrected chi connectivity index (χ3v) is 8.62. The molecule has 226 valence electrons. The topological polar surface area (TPSA) is 86.8 Å². The lowest BCUT2D eigenvalue weighted by Crippen LogP contribution is -2.52. The van der Waals surface area contributed by atoms with E-state index in [-0.39, 0.29) is 17.5 Å². The third kappa shape index (κ3) is 8.04. The van der Waals surface area contributed by atoms with Crippen LogP contribution in [0, 0.1) is 13.8 Å². The van der Waals surface area contributed by atoms with Gasteiger partial charge >= 0.3 is 6.18 Å². The summed E-state index contributed by atoms with van der Waals surface area (Å²) in [5.74, 6) is -1.26. The molecular formula is C30H33ClF3N3O4S. The second-order valence-electron chi connectivity index (χ2n) is 10.3. The number of nitrogens with one attached hydrogen (secondary N) is 1. The number of rotatable bonds is 10. The van der Waals surface area contributed by atoms with Gasteiger partial charge in [0.05, 0.1) is 21.2 Å². The van der Waals surface area contributed by atoms with Crippen LogP contribution < -0.4 is 9.62 Å². The average Bonchev–Trinajstić information content (AvgIpc) is 2.90. The molecule has 7 nitrogen and oxygen atoms in total. The molecule has 1 N–H and O–H groups in total. The summed E-state index contributed by atoms with van der Waals surface area (Å²) in [7, 11) is -4.54. The van der Waals surface area contributed by atoms with Gasteiger partial charge in [0.2, 0.25) is 11.8 Å². The van der Waals surface area contributed by atoms with Crippen LogP contribution in [-0.2, 0) is 32.3 Å². The van der Waals surface area contributed by atoms with Crippen LogP contribution >= 0.6 is 11.6 Å². The molecule has 0 aliphatic rings. The van der Waals surface area contributed by atoms with Gasteiger partial charge in [0, 0.05) is 12.6 Å². The van der Waals surface area contributed by atoms with Crippen molar-refractivity contribution in [3.05, 3.63) is 94.0 Å². The molecule has 1 atom stereocenters. The number of halogens is 4. The molecule has 42 heavy (non-hydrogen) atoms. The minimum atomic E-state index is -4.88. The largest absolute Gasteiger partial charge is 0.417 e. The molecule has 3 aromatic rings. The fraction of sp³-hybridized carbons (Fsp3) is 0.333. The molecule has 0 heterocycles. The van der Waals surface area contributed by atoms with E-state index in [1.54, 1.807) is 32.9 Å². The first-order valence-electron chi connectivity index (χ1n) is 13.1. The lowest BCUT2D eigenvalue weighted by atomic mass is 10.1. The van der Waals surface area contributed by atoms with Crippen LogP contribution in [0.25, 0.3) is 0 Å². The molecule has 2 amide bonds. The molecule has 3 aromatic carbocycles. The fourth-order valence-electron chi connectivity index (χ4n) is 4.13. The van der Waals surface area contributed by atoms with E-state index in [0.29, 0.717) is 15.9 Å². The van der Waals surface area contributed by atoms with Crippen LogP contribution in [0.1, 0.15) is 43.0 Å². The van der Waals surface area contributed by atoms with Crippen molar-refractivity contribution in [2.45, 2.75) is 64.3 Å². The van der Waals surface area contributed by atoms with Crippen LogP contribution in [0.4, 0.5) is 18.9 Å². The molecule has 0 spiro atoms. The Morgan fingerprint density at radius 1 is 0.905 bits per heavy atom. The molecule has 0 saturated carbocycles. The van der Waals surface area contributed by atoms with E-state index in [1.807, 2.05) is 19.1 Å². The molecule has 0 aromatic heterocycles. The number of carbonyl (C=O) groups is 2. The van der Waals surface area contributed by atoms with Crippen molar-refractivity contribution in [2.24, 2.45) is 0 Å². The van der Waals surface area contributed by atoms with Crippen molar-refractivity contribution in [1.29, 1.82) is 0 Å². The molecule has 0 aliphatic carbocycles. The highest BCUT2D eigenvalue weighted by Gasteiger charge is 2.37. The number of aryl methyl sites for hydroxylation is 2. The van der Waals surface area contributed by atoms with Gasteiger partial charge in [0.15, 0.2) is 0 Å². The Bertz CT molecular complexity index is 1530. The fourth-order valence-corrected chi connectivity index (χ4v) is 5.76. The first kappa shape index (κ1) is 32.9. The summed E-state index contributed by atoms with van der Waals surface area (Å²) in [6.45, 7) is 7.74. The highest BCUT2D eigenvalue weighted by molar-refractivity contribution is 7.92. The third-order valence-electron chi connectivity index (χ3n) is 6.50. The lowest BCUT2D eigenvalue weighted by molar-refractivity contribution is -0.139. The summed E-state index contributed by atoms with van der Waals surface area (Å²) in [6, 6.07) is 14.3. The minimum absolute atomic E-state index is 0.0430. The molecule has 0 bridgehead atoms. The van der Waals surface area contributed by atoms with Gasteiger partial charge in [0.1, 0.15) is 12.6 Å². The van der Waals surface area contributed by atoms with E-state index in [4.69, 9.17) is 11.6 Å². The number of sulfonamides is 1. The van der Waals surface area contributed by atoms with Gasteiger partial charge in [-0.15, -0.1) is 0 Å². The Morgan fingerprint density at radius 2 is 1.45 bits per heavy atom. The maximum Gasteiger partial charge on any atom is 0.417 e. The second kappa shape index (κ2) is 13.2. The molecule has 3 rings (SSSR count). The summed E-state index contributed by atoms with van der Waals surface area (Å²) >= 11 is 5.80. The van der Waals surface area contributed by atoms with Crippen molar-refractivity contribution >= 4 is 39.1 Å². The van der Waals surface area contributed by atoms with Gasteiger partial charge in [-0.3, -0.25) is 13.9 Å². The van der Waals surface area contributed by atoms with Crippen molar-refractivity contribution in [1.82, 2.24) is 10.2 Å². The number of amides is 2. The molecule has 0 fully saturated rings. The number of benzene rings is 3. The Hall–Kier alpha value is -3.57. The van der Waals surface area contributed by atoms with E-state index in [0.717, 1.165) is 23.3 Å². The van der Waals surface area contributed by atoms with Crippen LogP contribution in [-0.4, -0.2) is 43.8 Å². The molecule has 0 aliphatic heterocycles. The standard InChI is InChI=1S/C30H33ClF3N3O4S/c1-19(2)35-29(39)22(5)36(17-23-10-6-20(3)7-11-23)28(38)18-37(42(40,41)25-13-8-21(4)9-14-25)24-12-15-27(31)26(16-24)30(32,33)34/h6-16,19,22H,17-18H2,1-5H3,(H,35,39)/t22-/m1/s1. The van der Waals surface area contributed by atoms with Crippen molar-refractivity contribution in [2.75, 3.05) is 10.8 Å². The van der Waals surface area contributed by atoms with Gasteiger partial charge in [-0.1, -0.05) is 59.1 Å². The Morgan fingerprint density at radius 3 is 1.98 bits per heavy atom. The number of nitrogens with zero attached hydrogens (tertiary/aromatic N) is 2. The molecule has 0 saturated heterocycles. The Labute approximate surface area is 249 Å². The van der Waals surface area contributed by atoms with Gasteiger partial charge in [-0.05, 0) is 70.5 Å². The van der Waals surface area contributed by atoms with Crippen LogP contribution in [0.3, 0.4) is 0 Å². The highest BCUT2D eigenvalue weighted by atomic mass is 35.5. The van der Waals surface area contributed by atoms with E-state index in [9.17, 15) is 31.2 Å². The minimum Gasteiger partial charge on any atom is -0.352 e. The van der Waals surface area contributed by atoms with Gasteiger partial charge < -0.3 is 10.2 Å². The van der Waals surface area contributed by atoms with Crippen LogP contribution in [0.2, 0.25) is 5.02 Å². The van der Waals surface area contributed by atoms with E-state index in [2.05, 4.69) is 5.32 Å². The Balaban J connectivity index is 2.12. The van der Waals surface area contributed by atoms with Crippen molar-refractivity contribution < 1.29 is 31.2 Å². The summed E-state index contributed by atoms with van der Waals surface area (Å²) < 4.78 is 69.6. The predicted octanol–water partition coefficient (Wildman–Crippen LogP) is 6.11. The number of anilines is 1. The van der Waals surface area contributed by atoms with E-state index < -0.39 is 56.9 Å². The zero-order valence-electron chi connectivity index (χ0n) is 23.9. The summed E-state index contributed by atoms with van der Waals surface area (Å²) in [4.78, 5) is 27.9. The van der Waals surface area contributed by atoms with Crippen molar-refractivity contribution in [3.8, 4) is 0 Å². The quantitative estimate of drug-likeness (QED) is 0.295. The lowest BCUT2D eigenvalue weighted by Gasteiger charge is -2.32. The summed E-state index contributed by atoms with van der Waals surface area (Å²) in [5, 5.41) is 2.12. The van der Waals surface area contributed by atoms with E-state index in [1.165, 1.54) is 36.1 Å². The zero-order valence-corrected chi connectivity index (χ0v) is 25.4. The maximum absolute atomic E-state index is 13.9. The molecule has 0 unspecified atom stereocenters. The monoisotopic (exact) mass is 623 g/mol.